The summed E-state index contributed by atoms with van der Waals surface area (Å²) >= 11 is 0. The second-order valence-corrected chi connectivity index (χ2v) is 6.13. The number of amides is 2. The summed E-state index contributed by atoms with van der Waals surface area (Å²) < 4.78 is 5.53. The van der Waals surface area contributed by atoms with Crippen LogP contribution < -0.4 is 10.6 Å². The summed E-state index contributed by atoms with van der Waals surface area (Å²) in [5, 5.41) is 5.58. The highest BCUT2D eigenvalue weighted by Crippen LogP contribution is 2.11. The van der Waals surface area contributed by atoms with Crippen LogP contribution in [0.2, 0.25) is 0 Å². The van der Waals surface area contributed by atoms with Crippen LogP contribution in [0, 0.1) is 0 Å². The van der Waals surface area contributed by atoms with Crippen LogP contribution in [0.1, 0.15) is 28.8 Å². The third kappa shape index (κ3) is 5.04. The number of benzene rings is 2. The van der Waals surface area contributed by atoms with E-state index in [9.17, 15) is 9.59 Å². The maximum atomic E-state index is 12.6. The molecule has 0 saturated carbocycles. The summed E-state index contributed by atoms with van der Waals surface area (Å²) in [6.45, 7) is 1.17. The van der Waals surface area contributed by atoms with E-state index in [-0.39, 0.29) is 23.6 Å². The zero-order valence-corrected chi connectivity index (χ0v) is 14.5. The Morgan fingerprint density at radius 2 is 1.73 bits per heavy atom. The number of hydrogen-bond donors (Lipinski definition) is 2. The maximum Gasteiger partial charge on any atom is 0.267 e. The van der Waals surface area contributed by atoms with Crippen LogP contribution >= 0.6 is 0 Å². The molecule has 1 fully saturated rings. The van der Waals surface area contributed by atoms with Crippen LogP contribution in [0.25, 0.3) is 6.08 Å². The molecule has 0 radical (unpaired) electrons. The molecule has 0 aromatic heterocycles. The molecule has 26 heavy (non-hydrogen) atoms. The number of nitrogens with one attached hydrogen (secondary N) is 2. The van der Waals surface area contributed by atoms with Gasteiger partial charge in [-0.2, -0.15) is 0 Å². The topological polar surface area (TPSA) is 67.4 Å². The van der Waals surface area contributed by atoms with Gasteiger partial charge >= 0.3 is 0 Å². The number of carbonyl (C=O) groups is 2. The van der Waals surface area contributed by atoms with Crippen molar-refractivity contribution in [3.8, 4) is 0 Å². The van der Waals surface area contributed by atoms with Gasteiger partial charge in [-0.1, -0.05) is 48.5 Å². The van der Waals surface area contributed by atoms with E-state index in [1.807, 2.05) is 36.4 Å². The number of rotatable bonds is 6. The summed E-state index contributed by atoms with van der Waals surface area (Å²) in [5.74, 6) is -0.645. The molecule has 2 aromatic rings. The largest absolute Gasteiger partial charge is 0.376 e. The Bertz CT molecular complexity index is 766. The van der Waals surface area contributed by atoms with Gasteiger partial charge in [-0.05, 0) is 36.6 Å². The van der Waals surface area contributed by atoms with Gasteiger partial charge in [0.25, 0.3) is 11.8 Å². The summed E-state index contributed by atoms with van der Waals surface area (Å²) in [6.07, 6.45) is 3.67. The van der Waals surface area contributed by atoms with Crippen molar-refractivity contribution in [1.29, 1.82) is 0 Å². The number of hydrogen-bond acceptors (Lipinski definition) is 3. The van der Waals surface area contributed by atoms with E-state index < -0.39 is 0 Å². The summed E-state index contributed by atoms with van der Waals surface area (Å²) in [6, 6.07) is 18.2. The van der Waals surface area contributed by atoms with E-state index in [0.29, 0.717) is 12.1 Å². The van der Waals surface area contributed by atoms with Gasteiger partial charge in [-0.15, -0.1) is 0 Å². The Hall–Kier alpha value is -2.92. The first-order valence-corrected chi connectivity index (χ1v) is 8.75. The Labute approximate surface area is 153 Å². The first-order chi connectivity index (χ1) is 12.7. The van der Waals surface area contributed by atoms with E-state index in [1.54, 1.807) is 30.3 Å². The highest BCUT2D eigenvalue weighted by atomic mass is 16.5. The molecule has 1 heterocycles. The Kier molecular flexibility index (Phi) is 6.17. The van der Waals surface area contributed by atoms with Gasteiger partial charge in [-0.3, -0.25) is 9.59 Å². The molecule has 1 aliphatic heterocycles. The Balaban J connectivity index is 1.73. The first kappa shape index (κ1) is 17.9. The Morgan fingerprint density at radius 1 is 1.04 bits per heavy atom. The van der Waals surface area contributed by atoms with Gasteiger partial charge in [-0.25, -0.2) is 0 Å². The minimum absolute atomic E-state index is 0.0433. The lowest BCUT2D eigenvalue weighted by molar-refractivity contribution is -0.118. The van der Waals surface area contributed by atoms with Crippen LogP contribution in [-0.4, -0.2) is 31.1 Å². The molecule has 5 nitrogen and oxygen atoms in total. The summed E-state index contributed by atoms with van der Waals surface area (Å²) in [7, 11) is 0. The van der Waals surface area contributed by atoms with Gasteiger partial charge in [0.05, 0.1) is 6.10 Å². The lowest BCUT2D eigenvalue weighted by Gasteiger charge is -2.14. The van der Waals surface area contributed by atoms with E-state index >= 15 is 0 Å². The summed E-state index contributed by atoms with van der Waals surface area (Å²) in [4.78, 5) is 25.1. The van der Waals surface area contributed by atoms with Crippen molar-refractivity contribution in [1.82, 2.24) is 10.6 Å². The van der Waals surface area contributed by atoms with Gasteiger partial charge in [0.15, 0.2) is 0 Å². The predicted molar refractivity (Wildman–Crippen MR) is 100 cm³/mol. The lowest BCUT2D eigenvalue weighted by Crippen LogP contribution is -2.38. The van der Waals surface area contributed by atoms with Crippen molar-refractivity contribution in [2.24, 2.45) is 0 Å². The van der Waals surface area contributed by atoms with E-state index in [0.717, 1.165) is 25.0 Å². The minimum Gasteiger partial charge on any atom is -0.376 e. The number of ether oxygens (including phenoxy) is 1. The monoisotopic (exact) mass is 350 g/mol. The second-order valence-electron chi connectivity index (χ2n) is 6.13. The fraction of sp³-hybridized carbons (Fsp3) is 0.238. The molecule has 0 unspecified atom stereocenters. The van der Waals surface area contributed by atoms with E-state index in [2.05, 4.69) is 10.6 Å². The third-order valence-corrected chi connectivity index (χ3v) is 4.15. The summed E-state index contributed by atoms with van der Waals surface area (Å²) in [5.41, 5.74) is 1.55. The number of carbonyl (C=O) groups excluding carboxylic acids is 2. The van der Waals surface area contributed by atoms with Crippen molar-refractivity contribution < 1.29 is 14.3 Å². The van der Waals surface area contributed by atoms with Crippen LogP contribution in [0.4, 0.5) is 0 Å². The molecule has 1 saturated heterocycles. The zero-order valence-electron chi connectivity index (χ0n) is 14.5. The molecule has 1 aliphatic rings. The van der Waals surface area contributed by atoms with E-state index in [4.69, 9.17) is 4.74 Å². The third-order valence-electron chi connectivity index (χ3n) is 4.15. The van der Waals surface area contributed by atoms with Crippen LogP contribution in [0.15, 0.2) is 66.4 Å². The molecule has 3 rings (SSSR count). The average Bonchev–Trinajstić information content (AvgIpc) is 3.20. The maximum absolute atomic E-state index is 12.6. The minimum atomic E-state index is -0.325. The van der Waals surface area contributed by atoms with E-state index in [1.165, 1.54) is 0 Å². The first-order valence-electron chi connectivity index (χ1n) is 8.75. The molecule has 0 bridgehead atoms. The zero-order chi connectivity index (χ0) is 18.2. The molecular weight excluding hydrogens is 328 g/mol. The van der Waals surface area contributed by atoms with Gasteiger partial charge in [0, 0.05) is 18.7 Å². The smallest absolute Gasteiger partial charge is 0.267 e. The molecule has 1 atom stereocenters. The molecular formula is C21H22N2O3. The molecule has 134 valence electrons. The molecule has 2 amide bonds. The van der Waals surface area contributed by atoms with Crippen LogP contribution in [0.5, 0.6) is 0 Å². The normalized spacial score (nSPS) is 16.9. The molecule has 2 aromatic carbocycles. The molecule has 0 spiro atoms. The van der Waals surface area contributed by atoms with Crippen molar-refractivity contribution in [3.05, 3.63) is 77.5 Å². The highest BCUT2D eigenvalue weighted by molar-refractivity contribution is 6.05. The van der Waals surface area contributed by atoms with Crippen LogP contribution in [-0.2, 0) is 9.53 Å². The van der Waals surface area contributed by atoms with Crippen molar-refractivity contribution in [2.45, 2.75) is 18.9 Å². The van der Waals surface area contributed by atoms with Gasteiger partial charge in [0.2, 0.25) is 0 Å². The van der Waals surface area contributed by atoms with Gasteiger partial charge < -0.3 is 15.4 Å². The van der Waals surface area contributed by atoms with Gasteiger partial charge in [0.1, 0.15) is 5.70 Å². The SMILES string of the molecule is O=C(NC[C@H]1CCCO1)/C(=C/c1ccccc1)NC(=O)c1ccccc1. The molecule has 2 N–H and O–H groups in total. The highest BCUT2D eigenvalue weighted by Gasteiger charge is 2.19. The average molecular weight is 350 g/mol. The quantitative estimate of drug-likeness (QED) is 0.787. The van der Waals surface area contributed by atoms with Crippen LogP contribution in [0.3, 0.4) is 0 Å². The fourth-order valence-corrected chi connectivity index (χ4v) is 2.77. The molecule has 5 heteroatoms. The fourth-order valence-electron chi connectivity index (χ4n) is 2.77. The van der Waals surface area contributed by atoms with Crippen molar-refractivity contribution in [3.63, 3.8) is 0 Å². The molecule has 0 aliphatic carbocycles. The predicted octanol–water partition coefficient (Wildman–Crippen LogP) is 2.75. The van der Waals surface area contributed by atoms with Crippen molar-refractivity contribution >= 4 is 17.9 Å². The second kappa shape index (κ2) is 8.97. The lowest BCUT2D eigenvalue weighted by atomic mass is 10.1. The Morgan fingerprint density at radius 3 is 2.38 bits per heavy atom. The van der Waals surface area contributed by atoms with Crippen molar-refractivity contribution in [2.75, 3.05) is 13.2 Å². The standard InChI is InChI=1S/C21H22N2O3/c24-20(17-10-5-2-6-11-17)23-19(14-16-8-3-1-4-9-16)21(25)22-15-18-12-7-13-26-18/h1-6,8-11,14,18H,7,12-13,15H2,(H,22,25)(H,23,24)/b19-14-/t18-/m1/s1.